The monoisotopic (exact) mass is 255 g/mol. The zero-order chi connectivity index (χ0) is 13.5. The molecule has 0 bridgehead atoms. The molecule has 1 aliphatic heterocycles. The van der Waals surface area contributed by atoms with Gasteiger partial charge in [-0.3, -0.25) is 4.79 Å². The van der Waals surface area contributed by atoms with Gasteiger partial charge in [-0.05, 0) is 46.1 Å². The molecule has 106 valence electrons. The van der Waals surface area contributed by atoms with E-state index < -0.39 is 0 Å². The molecule has 4 heteroatoms. The second-order valence-corrected chi connectivity index (χ2v) is 5.74. The number of hydrogen-bond acceptors (Lipinski definition) is 3. The quantitative estimate of drug-likeness (QED) is 0.753. The molecule has 0 spiro atoms. The van der Waals surface area contributed by atoms with E-state index >= 15 is 0 Å². The molecule has 1 unspecified atom stereocenters. The molecule has 1 fully saturated rings. The Bertz CT molecular complexity index is 247. The van der Waals surface area contributed by atoms with Crippen LogP contribution in [0.15, 0.2) is 0 Å². The smallest absolute Gasteiger partial charge is 0.223 e. The third-order valence-electron chi connectivity index (χ3n) is 3.90. The predicted molar refractivity (Wildman–Crippen MR) is 75.3 cm³/mol. The highest BCUT2D eigenvalue weighted by Gasteiger charge is 2.23. The molecule has 3 N–H and O–H groups in total. The summed E-state index contributed by atoms with van der Waals surface area (Å²) in [6.07, 6.45) is 3.98. The molecule has 1 saturated heterocycles. The summed E-state index contributed by atoms with van der Waals surface area (Å²) in [7, 11) is 0. The van der Waals surface area contributed by atoms with Crippen molar-refractivity contribution in [3.05, 3.63) is 0 Å². The van der Waals surface area contributed by atoms with Crippen LogP contribution >= 0.6 is 0 Å². The third-order valence-corrected chi connectivity index (χ3v) is 3.90. The Morgan fingerprint density at radius 2 is 1.94 bits per heavy atom. The largest absolute Gasteiger partial charge is 0.353 e. The van der Waals surface area contributed by atoms with Gasteiger partial charge in [0.1, 0.15) is 0 Å². The molecule has 4 nitrogen and oxygen atoms in total. The molecule has 0 aliphatic carbocycles. The van der Waals surface area contributed by atoms with Crippen molar-refractivity contribution in [1.82, 2.24) is 10.2 Å². The van der Waals surface area contributed by atoms with Gasteiger partial charge >= 0.3 is 0 Å². The highest BCUT2D eigenvalue weighted by Crippen LogP contribution is 2.14. The van der Waals surface area contributed by atoms with Crippen LogP contribution in [0.3, 0.4) is 0 Å². The number of nitrogens with zero attached hydrogens (tertiary/aromatic N) is 1. The Hall–Kier alpha value is -0.610. The summed E-state index contributed by atoms with van der Waals surface area (Å²) in [6.45, 7) is 9.32. The molecule has 1 rings (SSSR count). The third kappa shape index (κ3) is 4.94. The van der Waals surface area contributed by atoms with E-state index in [2.05, 4.69) is 24.1 Å². The average molecular weight is 255 g/mol. The van der Waals surface area contributed by atoms with Crippen LogP contribution in [0.5, 0.6) is 0 Å². The first kappa shape index (κ1) is 15.4. The lowest BCUT2D eigenvalue weighted by atomic mass is 10.0. The van der Waals surface area contributed by atoms with Crippen molar-refractivity contribution in [2.24, 2.45) is 11.7 Å². The van der Waals surface area contributed by atoms with Gasteiger partial charge in [-0.25, -0.2) is 0 Å². The summed E-state index contributed by atoms with van der Waals surface area (Å²) < 4.78 is 0. The lowest BCUT2D eigenvalue weighted by Crippen LogP contribution is -2.47. The van der Waals surface area contributed by atoms with Gasteiger partial charge in [0, 0.05) is 31.1 Å². The average Bonchev–Trinajstić information content (AvgIpc) is 2.36. The predicted octanol–water partition coefficient (Wildman–Crippen LogP) is 1.35. The van der Waals surface area contributed by atoms with Gasteiger partial charge < -0.3 is 16.0 Å². The fourth-order valence-corrected chi connectivity index (χ4v) is 2.46. The number of nitrogens with two attached hydrogens (primary N) is 1. The van der Waals surface area contributed by atoms with Crippen LogP contribution in [-0.2, 0) is 4.79 Å². The number of piperidine rings is 1. The van der Waals surface area contributed by atoms with E-state index in [4.69, 9.17) is 5.73 Å². The van der Waals surface area contributed by atoms with Crippen molar-refractivity contribution in [3.63, 3.8) is 0 Å². The van der Waals surface area contributed by atoms with E-state index in [0.29, 0.717) is 18.6 Å². The first-order valence-electron chi connectivity index (χ1n) is 7.29. The number of rotatable bonds is 6. The van der Waals surface area contributed by atoms with Crippen LogP contribution in [0.4, 0.5) is 0 Å². The lowest BCUT2D eigenvalue weighted by Gasteiger charge is -2.35. The molecular formula is C14H29N3O. The van der Waals surface area contributed by atoms with Crippen LogP contribution in [0.25, 0.3) is 0 Å². The Kier molecular flexibility index (Phi) is 6.65. The molecule has 18 heavy (non-hydrogen) atoms. The minimum Gasteiger partial charge on any atom is -0.353 e. The van der Waals surface area contributed by atoms with Gasteiger partial charge in [-0.2, -0.15) is 0 Å². The highest BCUT2D eigenvalue weighted by molar-refractivity contribution is 5.78. The maximum Gasteiger partial charge on any atom is 0.223 e. The standard InChI is InChI=1S/C14H29N3O/c1-11(2)17-9-6-13(7-10-17)16-14(18)12(3)5-4-8-15/h11-13H,4-10,15H2,1-3H3,(H,16,18). The SMILES string of the molecule is CC(CCCN)C(=O)NC1CCN(C(C)C)CC1. The molecule has 0 aromatic heterocycles. The number of amides is 1. The first-order valence-corrected chi connectivity index (χ1v) is 7.29. The van der Waals surface area contributed by atoms with E-state index in [1.807, 2.05) is 6.92 Å². The van der Waals surface area contributed by atoms with Crippen molar-refractivity contribution in [2.75, 3.05) is 19.6 Å². The van der Waals surface area contributed by atoms with Crippen molar-refractivity contribution in [2.45, 2.75) is 58.5 Å². The van der Waals surface area contributed by atoms with Crippen LogP contribution in [0.2, 0.25) is 0 Å². The van der Waals surface area contributed by atoms with Gasteiger partial charge in [0.2, 0.25) is 5.91 Å². The first-order chi connectivity index (χ1) is 8.54. The highest BCUT2D eigenvalue weighted by atomic mass is 16.1. The van der Waals surface area contributed by atoms with Gasteiger partial charge in [-0.15, -0.1) is 0 Å². The number of likely N-dealkylation sites (tertiary alicyclic amines) is 1. The molecule has 0 aromatic rings. The van der Waals surface area contributed by atoms with Crippen molar-refractivity contribution >= 4 is 5.91 Å². The van der Waals surface area contributed by atoms with Crippen molar-refractivity contribution < 1.29 is 4.79 Å². The normalized spacial score (nSPS) is 20.1. The fourth-order valence-electron chi connectivity index (χ4n) is 2.46. The maximum absolute atomic E-state index is 12.0. The van der Waals surface area contributed by atoms with Gasteiger partial charge in [-0.1, -0.05) is 6.92 Å². The Morgan fingerprint density at radius 1 is 1.33 bits per heavy atom. The Balaban J connectivity index is 2.25. The van der Waals surface area contributed by atoms with Crippen LogP contribution in [0, 0.1) is 5.92 Å². The summed E-state index contributed by atoms with van der Waals surface area (Å²) in [5.74, 6) is 0.295. The molecule has 1 heterocycles. The zero-order valence-corrected chi connectivity index (χ0v) is 12.1. The zero-order valence-electron chi connectivity index (χ0n) is 12.1. The summed E-state index contributed by atoms with van der Waals surface area (Å²) in [5, 5.41) is 3.18. The molecule has 1 aliphatic rings. The molecular weight excluding hydrogens is 226 g/mol. The topological polar surface area (TPSA) is 58.4 Å². The summed E-state index contributed by atoms with van der Waals surface area (Å²) in [5.41, 5.74) is 5.47. The van der Waals surface area contributed by atoms with Gasteiger partial charge in [0.25, 0.3) is 0 Å². The Morgan fingerprint density at radius 3 is 2.44 bits per heavy atom. The molecule has 0 radical (unpaired) electrons. The fraction of sp³-hybridized carbons (Fsp3) is 0.929. The molecule has 1 amide bonds. The number of carbonyl (C=O) groups excluding carboxylic acids is 1. The van der Waals surface area contributed by atoms with Crippen LogP contribution in [-0.4, -0.2) is 42.5 Å². The van der Waals surface area contributed by atoms with Crippen molar-refractivity contribution in [3.8, 4) is 0 Å². The Labute approximate surface area is 111 Å². The van der Waals surface area contributed by atoms with E-state index in [0.717, 1.165) is 38.8 Å². The number of hydrogen-bond donors (Lipinski definition) is 2. The van der Waals surface area contributed by atoms with E-state index in [-0.39, 0.29) is 11.8 Å². The van der Waals surface area contributed by atoms with E-state index in [1.54, 1.807) is 0 Å². The second-order valence-electron chi connectivity index (χ2n) is 5.74. The number of carbonyl (C=O) groups is 1. The summed E-state index contributed by atoms with van der Waals surface area (Å²) >= 11 is 0. The maximum atomic E-state index is 12.0. The molecule has 0 aromatic carbocycles. The summed E-state index contributed by atoms with van der Waals surface area (Å²) in [4.78, 5) is 14.4. The number of nitrogens with one attached hydrogen (secondary N) is 1. The lowest BCUT2D eigenvalue weighted by molar-refractivity contribution is -0.125. The van der Waals surface area contributed by atoms with Crippen LogP contribution < -0.4 is 11.1 Å². The van der Waals surface area contributed by atoms with Gasteiger partial charge in [0.05, 0.1) is 0 Å². The molecule has 0 saturated carbocycles. The minimum atomic E-state index is 0.0941. The van der Waals surface area contributed by atoms with Crippen molar-refractivity contribution in [1.29, 1.82) is 0 Å². The second kappa shape index (κ2) is 7.74. The molecule has 1 atom stereocenters. The minimum absolute atomic E-state index is 0.0941. The summed E-state index contributed by atoms with van der Waals surface area (Å²) in [6, 6.07) is 0.984. The van der Waals surface area contributed by atoms with E-state index in [1.165, 1.54) is 0 Å². The van der Waals surface area contributed by atoms with Crippen LogP contribution in [0.1, 0.15) is 46.5 Å². The van der Waals surface area contributed by atoms with E-state index in [9.17, 15) is 4.79 Å². The van der Waals surface area contributed by atoms with Gasteiger partial charge in [0.15, 0.2) is 0 Å².